The van der Waals surface area contributed by atoms with E-state index in [1.54, 1.807) is 18.2 Å². The maximum atomic E-state index is 9.10. The third-order valence-electron chi connectivity index (χ3n) is 1.64. The normalized spacial score (nSPS) is 11.8. The number of halogens is 1. The lowest BCUT2D eigenvalue weighted by molar-refractivity contribution is 0.265. The quantitative estimate of drug-likeness (QED) is 0.742. The van der Waals surface area contributed by atoms with Gasteiger partial charge in [-0.05, 0) is 24.1 Å². The first-order valence-corrected chi connectivity index (χ1v) is 3.86. The summed E-state index contributed by atoms with van der Waals surface area (Å²) in [5, 5.41) is 17.8. The van der Waals surface area contributed by atoms with Crippen molar-refractivity contribution in [2.24, 2.45) is 5.73 Å². The molecule has 3 nitrogen and oxygen atoms in total. The molecule has 0 saturated heterocycles. The van der Waals surface area contributed by atoms with E-state index in [9.17, 15) is 0 Å². The Hall–Kier alpha value is -0.580. The van der Waals surface area contributed by atoms with Crippen LogP contribution in [0.2, 0.25) is 0 Å². The van der Waals surface area contributed by atoms with Gasteiger partial charge in [0.2, 0.25) is 0 Å². The average molecular weight is 248 g/mol. The van der Waals surface area contributed by atoms with Crippen LogP contribution in [-0.2, 0) is 6.42 Å². The zero-order valence-electron chi connectivity index (χ0n) is 7.18. The van der Waals surface area contributed by atoms with Crippen molar-refractivity contribution in [1.29, 1.82) is 0 Å². The summed E-state index contributed by atoms with van der Waals surface area (Å²) in [6.07, 6.45) is 0.588. The largest absolute Gasteiger partial charge is 0.508 e. The minimum absolute atomic E-state index is 0. The Morgan fingerprint density at radius 1 is 1.38 bits per heavy atom. The first-order chi connectivity index (χ1) is 5.72. The van der Waals surface area contributed by atoms with Gasteiger partial charge in [0.15, 0.2) is 0 Å². The highest BCUT2D eigenvalue weighted by Crippen LogP contribution is 2.11. The van der Waals surface area contributed by atoms with E-state index >= 15 is 0 Å². The van der Waals surface area contributed by atoms with Crippen LogP contribution in [0.25, 0.3) is 0 Å². The fraction of sp³-hybridized carbons (Fsp3) is 0.333. The Labute approximate surface area is 88.0 Å². The van der Waals surface area contributed by atoms with Crippen LogP contribution < -0.4 is 5.73 Å². The van der Waals surface area contributed by atoms with Gasteiger partial charge < -0.3 is 15.9 Å². The number of phenols is 1. The Morgan fingerprint density at radius 2 is 2.08 bits per heavy atom. The van der Waals surface area contributed by atoms with Gasteiger partial charge in [-0.1, -0.05) is 12.1 Å². The van der Waals surface area contributed by atoms with Crippen molar-refractivity contribution < 1.29 is 10.2 Å². The summed E-state index contributed by atoms with van der Waals surface area (Å²) >= 11 is 0. The van der Waals surface area contributed by atoms with Crippen LogP contribution in [0.4, 0.5) is 0 Å². The highest BCUT2D eigenvalue weighted by molar-refractivity contribution is 8.93. The van der Waals surface area contributed by atoms with Gasteiger partial charge in [-0.25, -0.2) is 0 Å². The third-order valence-corrected chi connectivity index (χ3v) is 1.64. The summed E-state index contributed by atoms with van der Waals surface area (Å²) < 4.78 is 0. The van der Waals surface area contributed by atoms with Crippen LogP contribution in [0.3, 0.4) is 0 Å². The predicted octanol–water partition coefficient (Wildman–Crippen LogP) is 0.832. The molecule has 0 aliphatic carbocycles. The number of aliphatic hydroxyl groups is 1. The minimum atomic E-state index is -0.244. The van der Waals surface area contributed by atoms with E-state index in [0.29, 0.717) is 6.42 Å². The molecule has 0 aliphatic rings. The van der Waals surface area contributed by atoms with E-state index in [4.69, 9.17) is 15.9 Å². The molecular weight excluding hydrogens is 234 g/mol. The smallest absolute Gasteiger partial charge is 0.115 e. The molecule has 74 valence electrons. The number of hydrogen-bond donors (Lipinski definition) is 3. The van der Waals surface area contributed by atoms with Gasteiger partial charge in [-0.3, -0.25) is 0 Å². The summed E-state index contributed by atoms with van der Waals surface area (Å²) in [7, 11) is 0. The monoisotopic (exact) mass is 247 g/mol. The molecule has 0 radical (unpaired) electrons. The maximum Gasteiger partial charge on any atom is 0.115 e. The van der Waals surface area contributed by atoms with E-state index in [0.717, 1.165) is 5.56 Å². The maximum absolute atomic E-state index is 9.10. The second-order valence-electron chi connectivity index (χ2n) is 2.82. The molecule has 0 bridgehead atoms. The zero-order valence-corrected chi connectivity index (χ0v) is 8.89. The second kappa shape index (κ2) is 5.96. The van der Waals surface area contributed by atoms with Crippen LogP contribution >= 0.6 is 17.0 Å². The molecule has 0 heterocycles. The second-order valence-corrected chi connectivity index (χ2v) is 2.82. The molecule has 4 N–H and O–H groups in total. The van der Waals surface area contributed by atoms with Crippen molar-refractivity contribution >= 4 is 17.0 Å². The molecule has 1 aromatic carbocycles. The van der Waals surface area contributed by atoms with Gasteiger partial charge in [0.05, 0.1) is 6.61 Å². The Kier molecular flexibility index (Phi) is 5.70. The molecule has 0 aliphatic heterocycles. The standard InChI is InChI=1S/C9H13NO2.BrH/c10-8(6-11)4-7-2-1-3-9(12)5-7;/h1-3,5,8,11-12H,4,6,10H2;1H. The van der Waals surface area contributed by atoms with Crippen LogP contribution in [0, 0.1) is 0 Å². The van der Waals surface area contributed by atoms with Crippen molar-refractivity contribution in [3.63, 3.8) is 0 Å². The fourth-order valence-corrected chi connectivity index (χ4v) is 1.05. The minimum Gasteiger partial charge on any atom is -0.508 e. The first-order valence-electron chi connectivity index (χ1n) is 3.86. The topological polar surface area (TPSA) is 66.5 Å². The Balaban J connectivity index is 0.00000144. The van der Waals surface area contributed by atoms with Crippen molar-refractivity contribution in [1.82, 2.24) is 0 Å². The highest BCUT2D eigenvalue weighted by Gasteiger charge is 2.01. The lowest BCUT2D eigenvalue weighted by atomic mass is 10.1. The van der Waals surface area contributed by atoms with Gasteiger partial charge in [0.1, 0.15) is 5.75 Å². The van der Waals surface area contributed by atoms with E-state index in [1.807, 2.05) is 6.07 Å². The lowest BCUT2D eigenvalue weighted by Crippen LogP contribution is -2.26. The van der Waals surface area contributed by atoms with Crippen molar-refractivity contribution in [2.75, 3.05) is 6.61 Å². The Morgan fingerprint density at radius 3 is 2.62 bits per heavy atom. The molecule has 0 aromatic heterocycles. The van der Waals surface area contributed by atoms with Crippen LogP contribution in [-0.4, -0.2) is 22.9 Å². The predicted molar refractivity (Wildman–Crippen MR) is 57.2 cm³/mol. The number of rotatable bonds is 3. The molecule has 1 atom stereocenters. The molecule has 0 saturated carbocycles. The number of benzene rings is 1. The molecule has 1 unspecified atom stereocenters. The molecule has 4 heteroatoms. The molecular formula is C9H14BrNO2. The van der Waals surface area contributed by atoms with E-state index in [2.05, 4.69) is 0 Å². The first kappa shape index (κ1) is 12.4. The molecule has 0 spiro atoms. The van der Waals surface area contributed by atoms with Crippen LogP contribution in [0.15, 0.2) is 24.3 Å². The molecule has 1 rings (SSSR count). The molecule has 0 amide bonds. The van der Waals surface area contributed by atoms with Gasteiger partial charge in [0, 0.05) is 6.04 Å². The highest BCUT2D eigenvalue weighted by atomic mass is 79.9. The summed E-state index contributed by atoms with van der Waals surface area (Å²) in [6.45, 7) is -0.0321. The van der Waals surface area contributed by atoms with Gasteiger partial charge in [-0.15, -0.1) is 17.0 Å². The Bertz CT molecular complexity index is 255. The van der Waals surface area contributed by atoms with Gasteiger partial charge in [0.25, 0.3) is 0 Å². The van der Waals surface area contributed by atoms with E-state index in [-0.39, 0.29) is 35.4 Å². The van der Waals surface area contributed by atoms with Crippen molar-refractivity contribution in [3.8, 4) is 5.75 Å². The van der Waals surface area contributed by atoms with E-state index in [1.165, 1.54) is 0 Å². The average Bonchev–Trinajstić information content (AvgIpc) is 2.04. The number of hydrogen-bond acceptors (Lipinski definition) is 3. The van der Waals surface area contributed by atoms with Gasteiger partial charge >= 0.3 is 0 Å². The molecule has 13 heavy (non-hydrogen) atoms. The third kappa shape index (κ3) is 4.26. The number of aliphatic hydroxyl groups excluding tert-OH is 1. The van der Waals surface area contributed by atoms with Crippen molar-refractivity contribution in [2.45, 2.75) is 12.5 Å². The SMILES string of the molecule is Br.NC(CO)Cc1cccc(O)c1. The number of nitrogens with two attached hydrogens (primary N) is 1. The fourth-order valence-electron chi connectivity index (χ4n) is 1.05. The summed E-state index contributed by atoms with van der Waals surface area (Å²) in [5.74, 6) is 0.234. The number of aromatic hydroxyl groups is 1. The molecule has 1 aromatic rings. The number of phenolic OH excluding ortho intramolecular Hbond substituents is 1. The van der Waals surface area contributed by atoms with Crippen LogP contribution in [0.1, 0.15) is 5.56 Å². The summed E-state index contributed by atoms with van der Waals surface area (Å²) in [6, 6.07) is 6.64. The van der Waals surface area contributed by atoms with Crippen molar-refractivity contribution in [3.05, 3.63) is 29.8 Å². The van der Waals surface area contributed by atoms with E-state index < -0.39 is 0 Å². The van der Waals surface area contributed by atoms with Gasteiger partial charge in [-0.2, -0.15) is 0 Å². The zero-order chi connectivity index (χ0) is 8.97. The summed E-state index contributed by atoms with van der Waals surface area (Å²) in [5.41, 5.74) is 6.46. The van der Waals surface area contributed by atoms with Crippen LogP contribution in [0.5, 0.6) is 5.75 Å². The molecule has 0 fully saturated rings. The lowest BCUT2D eigenvalue weighted by Gasteiger charge is -2.07. The summed E-state index contributed by atoms with van der Waals surface area (Å²) in [4.78, 5) is 0.